The van der Waals surface area contributed by atoms with Gasteiger partial charge >= 0.3 is 6.18 Å². The molecule has 2 aromatic carbocycles. The monoisotopic (exact) mass is 471 g/mol. The Kier molecular flexibility index (Phi) is 5.07. The molecule has 34 heavy (non-hydrogen) atoms. The second kappa shape index (κ2) is 7.97. The van der Waals surface area contributed by atoms with Gasteiger partial charge in [-0.15, -0.1) is 0 Å². The number of primary amides is 1. The van der Waals surface area contributed by atoms with E-state index in [1.807, 2.05) is 4.90 Å². The average Bonchev–Trinajstić information content (AvgIpc) is 3.39. The van der Waals surface area contributed by atoms with Crippen molar-refractivity contribution in [3.8, 4) is 0 Å². The molecular formula is C22H17F4N7O. The number of para-hydroxylation sites is 1. The van der Waals surface area contributed by atoms with E-state index >= 15 is 0 Å². The molecule has 0 aliphatic carbocycles. The lowest BCUT2D eigenvalue weighted by molar-refractivity contribution is -0.138. The molecule has 8 nitrogen and oxygen atoms in total. The van der Waals surface area contributed by atoms with Crippen LogP contribution in [-0.2, 0) is 25.8 Å². The maximum Gasteiger partial charge on any atom is 0.416 e. The number of carbonyl (C=O) groups is 1. The normalized spacial score (nSPS) is 13.4. The molecule has 4 aromatic rings. The van der Waals surface area contributed by atoms with E-state index in [1.165, 1.54) is 6.07 Å². The molecule has 1 aliphatic rings. The predicted molar refractivity (Wildman–Crippen MR) is 115 cm³/mol. The van der Waals surface area contributed by atoms with Crippen LogP contribution >= 0.6 is 0 Å². The number of aromatic nitrogens is 4. The Morgan fingerprint density at radius 3 is 2.68 bits per heavy atom. The van der Waals surface area contributed by atoms with Gasteiger partial charge < -0.3 is 16.0 Å². The summed E-state index contributed by atoms with van der Waals surface area (Å²) in [5, 5.41) is 10.0. The Morgan fingerprint density at radius 2 is 1.94 bits per heavy atom. The zero-order chi connectivity index (χ0) is 24.0. The van der Waals surface area contributed by atoms with E-state index in [1.54, 1.807) is 18.3 Å². The van der Waals surface area contributed by atoms with E-state index in [0.717, 1.165) is 29.5 Å². The van der Waals surface area contributed by atoms with Crippen LogP contribution in [0.15, 0.2) is 42.6 Å². The fourth-order valence-corrected chi connectivity index (χ4v) is 4.00. The van der Waals surface area contributed by atoms with Crippen molar-refractivity contribution < 1.29 is 22.4 Å². The van der Waals surface area contributed by atoms with E-state index in [-0.39, 0.29) is 22.8 Å². The average molecular weight is 471 g/mol. The minimum atomic E-state index is -4.73. The summed E-state index contributed by atoms with van der Waals surface area (Å²) in [6, 6.07) is 7.47. The number of nitrogens with zero attached hydrogens (tertiary/aromatic N) is 4. The van der Waals surface area contributed by atoms with Crippen LogP contribution in [0.25, 0.3) is 10.9 Å². The summed E-state index contributed by atoms with van der Waals surface area (Å²) < 4.78 is 54.6. The Morgan fingerprint density at radius 1 is 1.15 bits per heavy atom. The fourth-order valence-electron chi connectivity index (χ4n) is 4.00. The largest absolute Gasteiger partial charge is 0.416 e. The molecule has 1 aliphatic heterocycles. The van der Waals surface area contributed by atoms with Gasteiger partial charge in [-0.25, -0.2) is 9.37 Å². The Hall–Kier alpha value is -4.22. The first-order valence-electron chi connectivity index (χ1n) is 10.2. The quantitative estimate of drug-likeness (QED) is 0.382. The van der Waals surface area contributed by atoms with Gasteiger partial charge in [0.05, 0.1) is 35.1 Å². The smallest absolute Gasteiger partial charge is 0.366 e. The summed E-state index contributed by atoms with van der Waals surface area (Å²) in [6.45, 7) is 0.377. The summed E-state index contributed by atoms with van der Waals surface area (Å²) in [5.74, 6) is -1.33. The lowest BCUT2D eigenvalue weighted by atomic mass is 10.1. The van der Waals surface area contributed by atoms with Gasteiger partial charge in [-0.2, -0.15) is 23.3 Å². The molecule has 1 amide bonds. The van der Waals surface area contributed by atoms with Crippen molar-refractivity contribution in [3.63, 3.8) is 0 Å². The standard InChI is InChI=1S/C22H17F4N7O/c23-16-6-2-5-15(22(24,25)26)14(16)8-28-20-13-4-1-3-12(19(27)34)18(13)30-21(31-20)33-9-11-7-29-32-17(11)10-33/h1-7H,8-10H2,(H2,27,34)(H,29,32)(H,28,30,31). The third-order valence-corrected chi connectivity index (χ3v) is 5.64. The molecule has 174 valence electrons. The van der Waals surface area contributed by atoms with Crippen molar-refractivity contribution in [1.29, 1.82) is 0 Å². The first-order chi connectivity index (χ1) is 16.2. The van der Waals surface area contributed by atoms with Gasteiger partial charge in [-0.05, 0) is 24.3 Å². The van der Waals surface area contributed by atoms with Crippen LogP contribution in [0.1, 0.15) is 32.7 Å². The summed E-state index contributed by atoms with van der Waals surface area (Å²) in [6.07, 6.45) is -3.05. The number of H-pyrrole nitrogens is 1. The first kappa shape index (κ1) is 21.6. The SMILES string of the molecule is NC(=O)c1cccc2c(NCc3c(F)cccc3C(F)(F)F)nc(N3Cc4cn[nH]c4C3)nc12. The number of amides is 1. The van der Waals surface area contributed by atoms with Gasteiger partial charge in [0.2, 0.25) is 5.95 Å². The number of hydrogen-bond acceptors (Lipinski definition) is 6. The van der Waals surface area contributed by atoms with Crippen molar-refractivity contribution in [2.75, 3.05) is 10.2 Å². The highest BCUT2D eigenvalue weighted by Crippen LogP contribution is 2.34. The minimum absolute atomic E-state index is 0.130. The van der Waals surface area contributed by atoms with Crippen LogP contribution < -0.4 is 16.0 Å². The second-order valence-corrected chi connectivity index (χ2v) is 7.79. The summed E-state index contributed by atoms with van der Waals surface area (Å²) in [5.41, 5.74) is 6.08. The lowest BCUT2D eigenvalue weighted by Gasteiger charge is -2.19. The van der Waals surface area contributed by atoms with Gasteiger partial charge in [0.1, 0.15) is 11.6 Å². The highest BCUT2D eigenvalue weighted by atomic mass is 19.4. The number of halogens is 4. The van der Waals surface area contributed by atoms with Crippen molar-refractivity contribution in [1.82, 2.24) is 20.2 Å². The van der Waals surface area contributed by atoms with Gasteiger partial charge in [-0.3, -0.25) is 9.89 Å². The minimum Gasteiger partial charge on any atom is -0.366 e. The molecule has 5 rings (SSSR count). The molecule has 0 spiro atoms. The number of nitrogens with two attached hydrogens (primary N) is 1. The van der Waals surface area contributed by atoms with Crippen molar-refractivity contribution in [2.45, 2.75) is 25.8 Å². The van der Waals surface area contributed by atoms with Crippen molar-refractivity contribution in [2.24, 2.45) is 5.73 Å². The topological polar surface area (TPSA) is 113 Å². The molecule has 3 heterocycles. The van der Waals surface area contributed by atoms with Crippen LogP contribution in [0.3, 0.4) is 0 Å². The maximum atomic E-state index is 14.4. The van der Waals surface area contributed by atoms with Gasteiger partial charge in [0, 0.05) is 29.6 Å². The van der Waals surface area contributed by atoms with Gasteiger partial charge in [-0.1, -0.05) is 12.1 Å². The summed E-state index contributed by atoms with van der Waals surface area (Å²) in [7, 11) is 0. The predicted octanol–water partition coefficient (Wildman–Crippen LogP) is 3.74. The number of rotatable bonds is 5. The Labute approximate surface area is 189 Å². The molecule has 0 fully saturated rings. The first-order valence-corrected chi connectivity index (χ1v) is 10.2. The number of alkyl halides is 3. The molecule has 0 unspecified atom stereocenters. The van der Waals surface area contributed by atoms with E-state index in [0.29, 0.717) is 18.5 Å². The highest BCUT2D eigenvalue weighted by molar-refractivity contribution is 6.07. The number of fused-ring (bicyclic) bond motifs is 2. The number of hydrogen-bond donors (Lipinski definition) is 3. The van der Waals surface area contributed by atoms with E-state index in [2.05, 4.69) is 25.5 Å². The summed E-state index contributed by atoms with van der Waals surface area (Å²) >= 11 is 0. The zero-order valence-corrected chi connectivity index (χ0v) is 17.4. The van der Waals surface area contributed by atoms with E-state index < -0.39 is 35.6 Å². The van der Waals surface area contributed by atoms with Crippen molar-refractivity contribution in [3.05, 3.63) is 76.4 Å². The number of anilines is 2. The Bertz CT molecular complexity index is 1400. The van der Waals surface area contributed by atoms with Gasteiger partial charge in [0.15, 0.2) is 0 Å². The fraction of sp³-hybridized carbons (Fsp3) is 0.182. The Balaban J connectivity index is 1.58. The number of nitrogens with one attached hydrogen (secondary N) is 2. The number of benzene rings is 2. The molecule has 4 N–H and O–H groups in total. The number of carbonyl (C=O) groups excluding carboxylic acids is 1. The second-order valence-electron chi connectivity index (χ2n) is 7.79. The van der Waals surface area contributed by atoms with E-state index in [4.69, 9.17) is 5.73 Å². The number of aromatic amines is 1. The molecule has 0 atom stereocenters. The molecular weight excluding hydrogens is 454 g/mol. The maximum absolute atomic E-state index is 14.4. The molecule has 2 aromatic heterocycles. The third-order valence-electron chi connectivity index (χ3n) is 5.64. The summed E-state index contributed by atoms with van der Waals surface area (Å²) in [4.78, 5) is 22.8. The highest BCUT2D eigenvalue weighted by Gasteiger charge is 2.34. The third kappa shape index (κ3) is 3.76. The molecule has 12 heteroatoms. The van der Waals surface area contributed by atoms with E-state index in [9.17, 15) is 22.4 Å². The lowest BCUT2D eigenvalue weighted by Crippen LogP contribution is -2.20. The molecule has 0 bridgehead atoms. The van der Waals surface area contributed by atoms with Crippen LogP contribution in [0.2, 0.25) is 0 Å². The molecule has 0 saturated carbocycles. The molecule has 0 radical (unpaired) electrons. The van der Waals surface area contributed by atoms with Crippen LogP contribution in [0, 0.1) is 5.82 Å². The zero-order valence-electron chi connectivity index (χ0n) is 17.4. The molecule has 0 saturated heterocycles. The van der Waals surface area contributed by atoms with Crippen LogP contribution in [-0.4, -0.2) is 26.1 Å². The van der Waals surface area contributed by atoms with Crippen LogP contribution in [0.5, 0.6) is 0 Å². The van der Waals surface area contributed by atoms with Gasteiger partial charge in [0.25, 0.3) is 5.91 Å². The van der Waals surface area contributed by atoms with Crippen LogP contribution in [0.4, 0.5) is 29.3 Å². The van der Waals surface area contributed by atoms with Crippen molar-refractivity contribution >= 4 is 28.6 Å².